The average Bonchev–Trinajstić information content (AvgIpc) is 3.22. The molecule has 32 heavy (non-hydrogen) atoms. The summed E-state index contributed by atoms with van der Waals surface area (Å²) in [7, 11) is 0. The van der Waals surface area contributed by atoms with Crippen LogP contribution in [0, 0.1) is 28.6 Å². The van der Waals surface area contributed by atoms with Gasteiger partial charge in [-0.3, -0.25) is 9.59 Å². The van der Waals surface area contributed by atoms with Gasteiger partial charge < -0.3 is 19.7 Å². The number of hydrogen-bond acceptors (Lipinski definition) is 6. The summed E-state index contributed by atoms with van der Waals surface area (Å²) in [4.78, 5) is 24.6. The molecular formula is C26H38O6. The summed E-state index contributed by atoms with van der Waals surface area (Å²) in [6, 6.07) is 0. The van der Waals surface area contributed by atoms with Crippen molar-refractivity contribution in [1.29, 1.82) is 0 Å². The van der Waals surface area contributed by atoms with E-state index < -0.39 is 41.5 Å². The van der Waals surface area contributed by atoms with Crippen LogP contribution >= 0.6 is 0 Å². The van der Waals surface area contributed by atoms with Crippen LogP contribution in [0.1, 0.15) is 66.2 Å². The van der Waals surface area contributed by atoms with Crippen LogP contribution in [0.3, 0.4) is 0 Å². The van der Waals surface area contributed by atoms with E-state index in [1.54, 1.807) is 6.08 Å². The summed E-state index contributed by atoms with van der Waals surface area (Å²) in [6.45, 7) is 7.62. The second kappa shape index (κ2) is 8.46. The van der Waals surface area contributed by atoms with E-state index >= 15 is 0 Å². The molecule has 0 aromatic heterocycles. The first-order chi connectivity index (χ1) is 15.2. The van der Waals surface area contributed by atoms with Crippen molar-refractivity contribution in [2.45, 2.75) is 90.3 Å². The standard InChI is InChI=1S/C26H38O6/c1-5-7-22-31-21-13-18-17-9-8-16(10-12-27)24(3,11-6-2)23(17)19(29)14-25(18,4)26(21,32-22)20(30)15-28/h6,10-12,17-19,21-23,28-29H,5,7-9,13-15H2,1-4H3/b11-6-,16-10-/t17?,18-,19?,21?,22?,23+,24?,25?,26?/m0/s1. The molecule has 4 rings (SSSR count). The van der Waals surface area contributed by atoms with Crippen LogP contribution in [-0.2, 0) is 19.1 Å². The van der Waals surface area contributed by atoms with Gasteiger partial charge in [-0.2, -0.15) is 0 Å². The van der Waals surface area contributed by atoms with Gasteiger partial charge in [-0.1, -0.05) is 44.9 Å². The average molecular weight is 447 g/mol. The summed E-state index contributed by atoms with van der Waals surface area (Å²) in [5, 5.41) is 21.5. The molecule has 6 heteroatoms. The van der Waals surface area contributed by atoms with Gasteiger partial charge >= 0.3 is 0 Å². The zero-order valence-electron chi connectivity index (χ0n) is 19.8. The van der Waals surface area contributed by atoms with E-state index in [0.717, 1.165) is 31.1 Å². The molecule has 0 aromatic rings. The Hall–Kier alpha value is -1.34. The van der Waals surface area contributed by atoms with E-state index in [9.17, 15) is 19.8 Å². The fourth-order valence-corrected chi connectivity index (χ4v) is 8.11. The third-order valence-electron chi connectivity index (χ3n) is 9.24. The van der Waals surface area contributed by atoms with Crippen molar-refractivity contribution in [2.24, 2.45) is 28.6 Å². The molecule has 0 spiro atoms. The van der Waals surface area contributed by atoms with Crippen molar-refractivity contribution < 1.29 is 29.3 Å². The van der Waals surface area contributed by atoms with Crippen LogP contribution in [0.25, 0.3) is 0 Å². The SMILES string of the molecule is C/C=C\C1(C)/C(=C\C=O)CCC2[C@@H]1C(O)CC1(C)[C@H]2CC2OC(CCC)OC21C(=O)CO. The molecular weight excluding hydrogens is 408 g/mol. The molecule has 4 aliphatic rings. The van der Waals surface area contributed by atoms with Gasteiger partial charge in [-0.15, -0.1) is 0 Å². The van der Waals surface area contributed by atoms with Crippen molar-refractivity contribution in [3.8, 4) is 0 Å². The molecule has 4 fully saturated rings. The normalized spacial score (nSPS) is 49.1. The zero-order valence-corrected chi connectivity index (χ0v) is 19.8. The van der Waals surface area contributed by atoms with Gasteiger partial charge in [0.05, 0.1) is 12.2 Å². The Morgan fingerprint density at radius 1 is 1.31 bits per heavy atom. The predicted molar refractivity (Wildman–Crippen MR) is 120 cm³/mol. The highest BCUT2D eigenvalue weighted by Gasteiger charge is 2.75. The summed E-state index contributed by atoms with van der Waals surface area (Å²) in [5.41, 5.74) is -1.20. The Labute approximate surface area is 191 Å². The second-order valence-corrected chi connectivity index (χ2v) is 10.6. The first kappa shape index (κ1) is 23.8. The first-order valence-electron chi connectivity index (χ1n) is 12.2. The minimum atomic E-state index is -1.21. The van der Waals surface area contributed by atoms with Crippen LogP contribution in [0.5, 0.6) is 0 Å². The lowest BCUT2D eigenvalue weighted by Gasteiger charge is -2.59. The van der Waals surface area contributed by atoms with Crippen molar-refractivity contribution in [3.63, 3.8) is 0 Å². The number of aldehydes is 1. The maximum atomic E-state index is 13.3. The molecule has 178 valence electrons. The predicted octanol–water partition coefficient (Wildman–Crippen LogP) is 3.35. The Bertz CT molecular complexity index is 819. The molecule has 1 saturated heterocycles. The van der Waals surface area contributed by atoms with Crippen LogP contribution in [-0.4, -0.2) is 53.0 Å². The Kier molecular flexibility index (Phi) is 6.29. The molecule has 3 aliphatic carbocycles. The highest BCUT2D eigenvalue weighted by Crippen LogP contribution is 2.69. The lowest BCUT2D eigenvalue weighted by molar-refractivity contribution is -0.200. The summed E-state index contributed by atoms with van der Waals surface area (Å²) < 4.78 is 12.7. The number of aliphatic hydroxyl groups excluding tert-OH is 2. The third-order valence-corrected chi connectivity index (χ3v) is 9.24. The van der Waals surface area contributed by atoms with E-state index in [2.05, 4.69) is 26.8 Å². The highest BCUT2D eigenvalue weighted by molar-refractivity contribution is 5.91. The molecule has 0 aromatic carbocycles. The van der Waals surface area contributed by atoms with E-state index in [0.29, 0.717) is 19.3 Å². The second-order valence-electron chi connectivity index (χ2n) is 10.6. The van der Waals surface area contributed by atoms with Crippen molar-refractivity contribution in [3.05, 3.63) is 23.8 Å². The lowest BCUT2D eigenvalue weighted by atomic mass is 9.46. The largest absolute Gasteiger partial charge is 0.393 e. The van der Waals surface area contributed by atoms with Gasteiger partial charge in [-0.25, -0.2) is 0 Å². The fourth-order valence-electron chi connectivity index (χ4n) is 8.11. The maximum Gasteiger partial charge on any atom is 0.193 e. The van der Waals surface area contributed by atoms with Crippen LogP contribution < -0.4 is 0 Å². The maximum absolute atomic E-state index is 13.3. The van der Waals surface area contributed by atoms with Gasteiger partial charge in [-0.05, 0) is 56.9 Å². The number of ketones is 1. The van der Waals surface area contributed by atoms with Crippen molar-refractivity contribution >= 4 is 12.1 Å². The van der Waals surface area contributed by atoms with E-state index in [1.165, 1.54) is 0 Å². The van der Waals surface area contributed by atoms with E-state index in [4.69, 9.17) is 9.47 Å². The summed E-state index contributed by atoms with van der Waals surface area (Å²) in [5.74, 6) is -0.0885. The van der Waals surface area contributed by atoms with Gasteiger partial charge in [0.2, 0.25) is 0 Å². The number of carbonyl (C=O) groups is 2. The molecule has 0 amide bonds. The van der Waals surface area contributed by atoms with Gasteiger partial charge in [0.1, 0.15) is 12.9 Å². The van der Waals surface area contributed by atoms with Crippen LogP contribution in [0.2, 0.25) is 0 Å². The Balaban J connectivity index is 1.78. The molecule has 7 unspecified atom stereocenters. The van der Waals surface area contributed by atoms with E-state index in [-0.39, 0.29) is 23.5 Å². The smallest absolute Gasteiger partial charge is 0.193 e. The fraction of sp³-hybridized carbons (Fsp3) is 0.769. The van der Waals surface area contributed by atoms with Gasteiger partial charge in [0, 0.05) is 16.7 Å². The number of fused-ring (bicyclic) bond motifs is 5. The number of allylic oxidation sites excluding steroid dienone is 4. The Morgan fingerprint density at radius 3 is 2.69 bits per heavy atom. The number of Topliss-reactive ketones (excluding diaryl/α,β-unsaturated/α-hetero) is 1. The number of carbonyl (C=O) groups excluding carboxylic acids is 2. The first-order valence-corrected chi connectivity index (χ1v) is 12.2. The number of aliphatic hydroxyl groups is 2. The third kappa shape index (κ3) is 3.06. The zero-order chi connectivity index (χ0) is 23.3. The minimum Gasteiger partial charge on any atom is -0.393 e. The lowest BCUT2D eigenvalue weighted by Crippen LogP contribution is -2.63. The van der Waals surface area contributed by atoms with Crippen molar-refractivity contribution in [2.75, 3.05) is 6.61 Å². The minimum absolute atomic E-state index is 0.0525. The number of ether oxygens (including phenoxy) is 2. The molecule has 1 heterocycles. The number of rotatable bonds is 6. The quantitative estimate of drug-likeness (QED) is 0.369. The summed E-state index contributed by atoms with van der Waals surface area (Å²) >= 11 is 0. The molecule has 3 saturated carbocycles. The summed E-state index contributed by atoms with van der Waals surface area (Å²) in [6.07, 6.45) is 9.44. The molecule has 0 radical (unpaired) electrons. The Morgan fingerprint density at radius 2 is 2.06 bits per heavy atom. The molecule has 6 nitrogen and oxygen atoms in total. The molecule has 2 N–H and O–H groups in total. The topological polar surface area (TPSA) is 93.1 Å². The van der Waals surface area contributed by atoms with Gasteiger partial charge in [0.25, 0.3) is 0 Å². The van der Waals surface area contributed by atoms with Gasteiger partial charge in [0.15, 0.2) is 17.7 Å². The van der Waals surface area contributed by atoms with Crippen molar-refractivity contribution in [1.82, 2.24) is 0 Å². The number of hydrogen-bond donors (Lipinski definition) is 2. The molecule has 0 bridgehead atoms. The molecule has 9 atom stereocenters. The van der Waals surface area contributed by atoms with Crippen LogP contribution in [0.4, 0.5) is 0 Å². The monoisotopic (exact) mass is 446 g/mol. The van der Waals surface area contributed by atoms with E-state index in [1.807, 2.05) is 13.0 Å². The van der Waals surface area contributed by atoms with Crippen LogP contribution in [0.15, 0.2) is 23.8 Å². The molecule has 1 aliphatic heterocycles. The highest BCUT2D eigenvalue weighted by atomic mass is 16.7.